The molecule has 0 unspecified atom stereocenters. The Bertz CT molecular complexity index is 1920. The predicted molar refractivity (Wildman–Crippen MR) is 172 cm³/mol. The van der Waals surface area contributed by atoms with E-state index < -0.39 is 23.3 Å². The Labute approximate surface area is 297 Å². The number of rotatable bonds is 5. The summed E-state index contributed by atoms with van der Waals surface area (Å²) in [6.07, 6.45) is 8.60. The van der Waals surface area contributed by atoms with Crippen molar-refractivity contribution >= 4 is 0 Å². The van der Waals surface area contributed by atoms with Gasteiger partial charge in [-0.05, 0) is 35.0 Å². The summed E-state index contributed by atoms with van der Waals surface area (Å²) >= 11 is 0. The average molecular weight is 850 g/mol. The minimum absolute atomic E-state index is 0. The Balaban J connectivity index is 0.000000200. The van der Waals surface area contributed by atoms with Crippen LogP contribution in [-0.2, 0) is 44.0 Å². The van der Waals surface area contributed by atoms with Crippen LogP contribution in [0.1, 0.15) is 64.1 Å². The van der Waals surface area contributed by atoms with Crippen LogP contribution in [-0.4, -0.2) is 29.5 Å². The maximum absolute atomic E-state index is 13.3. The van der Waals surface area contributed by atoms with Crippen LogP contribution in [0.15, 0.2) is 79.5 Å². The molecule has 0 saturated heterocycles. The fourth-order valence-electron chi connectivity index (χ4n) is 4.15. The molecule has 0 atom stereocenters. The van der Waals surface area contributed by atoms with Gasteiger partial charge in [-0.25, -0.2) is 4.68 Å². The van der Waals surface area contributed by atoms with Crippen molar-refractivity contribution in [2.45, 2.75) is 65.5 Å². The first kappa shape index (κ1) is 38.8. The van der Waals surface area contributed by atoms with Crippen LogP contribution in [0.25, 0.3) is 11.5 Å². The third-order valence-electron chi connectivity index (χ3n) is 6.90. The van der Waals surface area contributed by atoms with Gasteiger partial charge >= 0.3 is 0 Å². The van der Waals surface area contributed by atoms with E-state index in [1.807, 2.05) is 18.3 Å². The average Bonchev–Trinajstić information content (AvgIpc) is 3.80. The second-order valence-electron chi connectivity index (χ2n) is 12.9. The van der Waals surface area contributed by atoms with Crippen molar-refractivity contribution in [2.75, 3.05) is 0 Å². The summed E-state index contributed by atoms with van der Waals surface area (Å²) in [5, 5.41) is 12.2. The summed E-state index contributed by atoms with van der Waals surface area (Å²) in [6, 6.07) is 16.6. The molecule has 49 heavy (non-hydrogen) atoms. The predicted octanol–water partition coefficient (Wildman–Crippen LogP) is 6.64. The summed E-state index contributed by atoms with van der Waals surface area (Å²) in [5.41, 5.74) is 2.62. The molecule has 8 nitrogen and oxygen atoms in total. The van der Waals surface area contributed by atoms with E-state index >= 15 is 0 Å². The second-order valence-corrected chi connectivity index (χ2v) is 12.9. The molecule has 1 radical (unpaired) electrons. The smallest absolute Gasteiger partial charge is 0.0802 e. The Morgan fingerprint density at radius 3 is 1.96 bits per heavy atom. The first-order chi connectivity index (χ1) is 22.6. The summed E-state index contributed by atoms with van der Waals surface area (Å²) in [4.78, 5) is 8.84. The molecule has 0 bridgehead atoms. The molecule has 0 spiro atoms. The minimum Gasteiger partial charge on any atom is -0.420 e. The molecule has 0 N–H and O–H groups in total. The van der Waals surface area contributed by atoms with Crippen molar-refractivity contribution in [3.63, 3.8) is 0 Å². The maximum atomic E-state index is 13.3. The number of benzene rings is 2. The van der Waals surface area contributed by atoms with E-state index in [9.17, 15) is 17.6 Å². The van der Waals surface area contributed by atoms with Gasteiger partial charge in [-0.1, -0.05) is 47.6 Å². The number of hydrogen-bond donors (Lipinski definition) is 0. The standard InChI is InChI=1S/C15H21N4.C11H9F2N2.C10H7F2N2.Ir/c1-14(2,3)10-7-8-16-11(9-10)12-17-13(19-18-12)15(4,5)6;1-14-5-2-6-15(14)8-9-3-4-10(12)7-11(9)13;11-9-3-2-8(10(12)6-9)7-14-5-1-4-13-14;/h7-9H,1-6H3;2,4-7H,1,8H2;1,3-6H,7H2;/q3*-1;. The van der Waals surface area contributed by atoms with Crippen LogP contribution >= 0.6 is 0 Å². The topological polar surface area (TPSA) is 79.4 Å². The molecule has 261 valence electrons. The van der Waals surface area contributed by atoms with Crippen LogP contribution < -0.4 is 9.78 Å². The Morgan fingerprint density at radius 2 is 1.47 bits per heavy atom. The van der Waals surface area contributed by atoms with Gasteiger partial charge in [0.2, 0.25) is 0 Å². The van der Waals surface area contributed by atoms with Crippen LogP contribution in [0.5, 0.6) is 0 Å². The van der Waals surface area contributed by atoms with Gasteiger partial charge in [0.25, 0.3) is 0 Å². The molecular weight excluding hydrogens is 813 g/mol. The number of nitrogens with zero attached hydrogens (tertiary/aromatic N) is 8. The molecule has 6 rings (SSSR count). The molecule has 6 aromatic rings. The van der Waals surface area contributed by atoms with E-state index in [0.717, 1.165) is 35.8 Å². The third-order valence-corrected chi connectivity index (χ3v) is 6.90. The summed E-state index contributed by atoms with van der Waals surface area (Å²) < 4.78 is 56.3. The molecule has 0 fully saturated rings. The van der Waals surface area contributed by atoms with E-state index in [4.69, 9.17) is 0 Å². The van der Waals surface area contributed by atoms with Gasteiger partial charge < -0.3 is 10.1 Å². The zero-order valence-corrected chi connectivity index (χ0v) is 30.4. The van der Waals surface area contributed by atoms with Crippen molar-refractivity contribution in [1.29, 1.82) is 0 Å². The van der Waals surface area contributed by atoms with Gasteiger partial charge in [0.15, 0.2) is 0 Å². The number of pyridine rings is 1. The zero-order valence-electron chi connectivity index (χ0n) is 28.0. The van der Waals surface area contributed by atoms with E-state index in [1.165, 1.54) is 5.56 Å². The van der Waals surface area contributed by atoms with Gasteiger partial charge in [0.05, 0.1) is 18.4 Å². The second kappa shape index (κ2) is 16.7. The van der Waals surface area contributed by atoms with Gasteiger partial charge in [-0.15, -0.1) is 35.4 Å². The van der Waals surface area contributed by atoms with Crippen molar-refractivity contribution < 1.29 is 42.3 Å². The number of aromatic nitrogens is 8. The Hall–Kier alpha value is -4.61. The number of halogens is 4. The van der Waals surface area contributed by atoms with E-state index in [2.05, 4.69) is 86.0 Å². The van der Waals surface area contributed by atoms with Crippen LogP contribution in [0, 0.1) is 42.4 Å². The van der Waals surface area contributed by atoms with Gasteiger partial charge in [0.1, 0.15) is 0 Å². The van der Waals surface area contributed by atoms with Crippen molar-refractivity contribution in [2.24, 2.45) is 0 Å². The zero-order chi connectivity index (χ0) is 35.1. The van der Waals surface area contributed by atoms with E-state index in [0.29, 0.717) is 17.0 Å². The summed E-state index contributed by atoms with van der Waals surface area (Å²) in [7, 11) is 3.69. The normalized spacial score (nSPS) is 11.1. The van der Waals surface area contributed by atoms with Crippen molar-refractivity contribution in [3.8, 4) is 11.5 Å². The van der Waals surface area contributed by atoms with E-state index in [-0.39, 0.29) is 44.0 Å². The SMILES string of the molecule is CC(C)(C)c1ccnc(-c2nc(C(C)(C)C)n[n-]2)c1.Fc1c[c-]c(Cn2cccn2)c(F)c1.[CH2-][n+]1cccn1Cc1[c-]cc(F)cc1F.[Ir]. The van der Waals surface area contributed by atoms with E-state index in [1.54, 1.807) is 51.0 Å². The maximum Gasteiger partial charge on any atom is 0.0802 e. The molecule has 0 aliphatic rings. The van der Waals surface area contributed by atoms with Crippen LogP contribution in [0.2, 0.25) is 0 Å². The minimum atomic E-state index is -0.619. The fourth-order valence-corrected chi connectivity index (χ4v) is 4.15. The molecular formula is C36H37F4IrN8-3. The molecule has 0 aliphatic heterocycles. The first-order valence-corrected chi connectivity index (χ1v) is 15.0. The molecule has 0 aliphatic carbocycles. The quantitative estimate of drug-likeness (QED) is 0.111. The molecule has 0 amide bonds. The van der Waals surface area contributed by atoms with Crippen molar-refractivity contribution in [1.82, 2.24) is 34.6 Å². The molecule has 2 aromatic carbocycles. The van der Waals surface area contributed by atoms with Gasteiger partial charge in [-0.3, -0.25) is 32.3 Å². The largest absolute Gasteiger partial charge is 0.420 e. The third kappa shape index (κ3) is 11.2. The molecule has 4 heterocycles. The fraction of sp³-hybridized carbons (Fsp3) is 0.278. The Kier molecular flexibility index (Phi) is 13.2. The number of hydrogen-bond acceptors (Lipinski definition) is 4. The Morgan fingerprint density at radius 1 is 0.837 bits per heavy atom. The molecule has 4 aromatic heterocycles. The first-order valence-electron chi connectivity index (χ1n) is 15.0. The van der Waals surface area contributed by atoms with Gasteiger partial charge in [-0.2, -0.15) is 21.9 Å². The van der Waals surface area contributed by atoms with Gasteiger partial charge in [0, 0.05) is 93.0 Å². The summed E-state index contributed by atoms with van der Waals surface area (Å²) in [6.45, 7) is 13.3. The van der Waals surface area contributed by atoms with Crippen LogP contribution in [0.3, 0.4) is 0 Å². The van der Waals surface area contributed by atoms with Crippen LogP contribution in [0.4, 0.5) is 17.6 Å². The summed E-state index contributed by atoms with van der Waals surface area (Å²) in [5.74, 6) is -1.07. The molecule has 13 heteroatoms. The van der Waals surface area contributed by atoms with Crippen molar-refractivity contribution in [3.05, 3.63) is 144 Å². The monoisotopic (exact) mass is 850 g/mol. The molecule has 0 saturated carbocycles.